The molecule has 1 rings (SSSR count). The minimum absolute atomic E-state index is 0.103. The van der Waals surface area contributed by atoms with Gasteiger partial charge < -0.3 is 9.84 Å². The van der Waals surface area contributed by atoms with E-state index in [-0.39, 0.29) is 17.2 Å². The second kappa shape index (κ2) is 4.65. The third kappa shape index (κ3) is 2.85. The van der Waals surface area contributed by atoms with Crippen LogP contribution in [0.25, 0.3) is 0 Å². The minimum atomic E-state index is -0.361. The zero-order valence-electron chi connectivity index (χ0n) is 8.94. The zero-order chi connectivity index (χ0) is 11.4. The number of rotatable bonds is 3. The molecule has 0 bridgehead atoms. The lowest BCUT2D eigenvalue weighted by Crippen LogP contribution is -2.36. The normalized spacial score (nSPS) is 10.1. The molecule has 15 heavy (non-hydrogen) atoms. The van der Waals surface area contributed by atoms with Crippen LogP contribution in [0.2, 0.25) is 0 Å². The fourth-order valence-corrected chi connectivity index (χ4v) is 1.09. The molecule has 2 N–H and O–H groups in total. The van der Waals surface area contributed by atoms with E-state index in [2.05, 4.69) is 5.43 Å². The van der Waals surface area contributed by atoms with Gasteiger partial charge in [0.2, 0.25) is 0 Å². The quantitative estimate of drug-likeness (QED) is 0.717. The van der Waals surface area contributed by atoms with Crippen LogP contribution in [0.4, 0.5) is 0 Å². The molecule has 82 valence electrons. The molecular weight excluding hydrogens is 196 g/mol. The highest BCUT2D eigenvalue weighted by Crippen LogP contribution is 2.23. The van der Waals surface area contributed by atoms with Crippen molar-refractivity contribution in [2.75, 3.05) is 21.2 Å². The first-order valence-electron chi connectivity index (χ1n) is 4.40. The summed E-state index contributed by atoms with van der Waals surface area (Å²) in [5.41, 5.74) is 2.74. The number of phenols is 1. The van der Waals surface area contributed by atoms with E-state index < -0.39 is 0 Å². The van der Waals surface area contributed by atoms with Gasteiger partial charge in [-0.15, -0.1) is 0 Å². The Balaban J connectivity index is 2.90. The standard InChI is InChI=1S/C10H14N2O3/c1-12(2)11-10(14)8-5-4-7(15-3)6-9(8)13/h4-6,13H,1-3H3,(H,11,14). The maximum absolute atomic E-state index is 11.5. The molecule has 0 heterocycles. The van der Waals surface area contributed by atoms with Gasteiger partial charge in [-0.1, -0.05) is 0 Å². The van der Waals surface area contributed by atoms with Crippen LogP contribution < -0.4 is 10.2 Å². The van der Waals surface area contributed by atoms with Crippen LogP contribution in [-0.2, 0) is 0 Å². The summed E-state index contributed by atoms with van der Waals surface area (Å²) < 4.78 is 4.91. The summed E-state index contributed by atoms with van der Waals surface area (Å²) in [6.07, 6.45) is 0. The Morgan fingerprint density at radius 1 is 1.47 bits per heavy atom. The lowest BCUT2D eigenvalue weighted by molar-refractivity contribution is 0.0854. The molecule has 0 saturated carbocycles. The molecule has 1 aromatic carbocycles. The average Bonchev–Trinajstić information content (AvgIpc) is 2.16. The number of hydrogen-bond donors (Lipinski definition) is 2. The molecule has 0 atom stereocenters. The summed E-state index contributed by atoms with van der Waals surface area (Å²) in [5, 5.41) is 11.1. The molecule has 5 heteroatoms. The lowest BCUT2D eigenvalue weighted by Gasteiger charge is -2.12. The first kappa shape index (κ1) is 11.3. The van der Waals surface area contributed by atoms with Gasteiger partial charge in [-0.3, -0.25) is 10.2 Å². The fraction of sp³-hybridized carbons (Fsp3) is 0.300. The Kier molecular flexibility index (Phi) is 3.51. The van der Waals surface area contributed by atoms with E-state index in [4.69, 9.17) is 4.74 Å². The third-order valence-electron chi connectivity index (χ3n) is 1.77. The monoisotopic (exact) mass is 210 g/mol. The molecular formula is C10H14N2O3. The SMILES string of the molecule is COc1ccc(C(=O)NN(C)C)c(O)c1. The molecule has 1 amide bonds. The predicted octanol–water partition coefficient (Wildman–Crippen LogP) is 0.607. The number of amides is 1. The van der Waals surface area contributed by atoms with Crippen LogP contribution >= 0.6 is 0 Å². The van der Waals surface area contributed by atoms with Gasteiger partial charge in [-0.2, -0.15) is 0 Å². The largest absolute Gasteiger partial charge is 0.507 e. The van der Waals surface area contributed by atoms with Crippen molar-refractivity contribution < 1.29 is 14.6 Å². The number of carbonyl (C=O) groups excluding carboxylic acids is 1. The van der Waals surface area contributed by atoms with Gasteiger partial charge in [0, 0.05) is 20.2 Å². The number of carbonyl (C=O) groups is 1. The average molecular weight is 210 g/mol. The topological polar surface area (TPSA) is 61.8 Å². The van der Waals surface area contributed by atoms with Crippen LogP contribution in [0.3, 0.4) is 0 Å². The number of nitrogens with one attached hydrogen (secondary N) is 1. The van der Waals surface area contributed by atoms with Gasteiger partial charge in [0.15, 0.2) is 0 Å². The summed E-state index contributed by atoms with van der Waals surface area (Å²) in [5.74, 6) is 0.0442. The van der Waals surface area contributed by atoms with Crippen LogP contribution in [0.5, 0.6) is 11.5 Å². The molecule has 0 fully saturated rings. The van der Waals surface area contributed by atoms with Crippen molar-refractivity contribution in [3.05, 3.63) is 23.8 Å². The van der Waals surface area contributed by atoms with Crippen molar-refractivity contribution in [3.63, 3.8) is 0 Å². The van der Waals surface area contributed by atoms with E-state index in [0.717, 1.165) is 0 Å². The van der Waals surface area contributed by atoms with E-state index in [1.807, 2.05) is 0 Å². The van der Waals surface area contributed by atoms with Gasteiger partial charge in [0.25, 0.3) is 5.91 Å². The highest BCUT2D eigenvalue weighted by Gasteiger charge is 2.11. The molecule has 0 spiro atoms. The van der Waals surface area contributed by atoms with Gasteiger partial charge in [0.1, 0.15) is 11.5 Å². The Morgan fingerprint density at radius 2 is 2.13 bits per heavy atom. The van der Waals surface area contributed by atoms with E-state index >= 15 is 0 Å². The van der Waals surface area contributed by atoms with Crippen molar-refractivity contribution in [3.8, 4) is 11.5 Å². The molecule has 0 unspecified atom stereocenters. The van der Waals surface area contributed by atoms with E-state index in [9.17, 15) is 9.90 Å². The number of benzene rings is 1. The Hall–Kier alpha value is -1.75. The Bertz CT molecular complexity index is 364. The molecule has 0 aliphatic heterocycles. The van der Waals surface area contributed by atoms with Crippen molar-refractivity contribution in [2.24, 2.45) is 0 Å². The first-order valence-corrected chi connectivity index (χ1v) is 4.40. The number of hydrazine groups is 1. The summed E-state index contributed by atoms with van der Waals surface area (Å²) in [7, 11) is 4.88. The highest BCUT2D eigenvalue weighted by molar-refractivity contribution is 5.96. The Labute approximate surface area is 88.2 Å². The summed E-state index contributed by atoms with van der Waals surface area (Å²) >= 11 is 0. The molecule has 0 aliphatic carbocycles. The molecule has 0 aromatic heterocycles. The maximum Gasteiger partial charge on any atom is 0.269 e. The second-order valence-corrected chi connectivity index (χ2v) is 3.22. The van der Waals surface area contributed by atoms with Gasteiger partial charge >= 0.3 is 0 Å². The van der Waals surface area contributed by atoms with E-state index in [1.54, 1.807) is 20.2 Å². The van der Waals surface area contributed by atoms with Gasteiger partial charge in [-0.25, -0.2) is 5.01 Å². The summed E-state index contributed by atoms with van der Waals surface area (Å²) in [6.45, 7) is 0. The van der Waals surface area contributed by atoms with Crippen molar-refractivity contribution >= 4 is 5.91 Å². The van der Waals surface area contributed by atoms with Crippen LogP contribution in [0.15, 0.2) is 18.2 Å². The van der Waals surface area contributed by atoms with Crippen LogP contribution in [0, 0.1) is 0 Å². The molecule has 5 nitrogen and oxygen atoms in total. The molecule has 0 radical (unpaired) electrons. The van der Waals surface area contributed by atoms with Gasteiger partial charge in [-0.05, 0) is 12.1 Å². The Morgan fingerprint density at radius 3 is 2.60 bits per heavy atom. The minimum Gasteiger partial charge on any atom is -0.507 e. The maximum atomic E-state index is 11.5. The third-order valence-corrected chi connectivity index (χ3v) is 1.77. The zero-order valence-corrected chi connectivity index (χ0v) is 8.94. The number of aromatic hydroxyl groups is 1. The van der Waals surface area contributed by atoms with Crippen molar-refractivity contribution in [1.29, 1.82) is 0 Å². The van der Waals surface area contributed by atoms with E-state index in [1.165, 1.54) is 24.3 Å². The molecule has 0 aliphatic rings. The van der Waals surface area contributed by atoms with Crippen LogP contribution in [0.1, 0.15) is 10.4 Å². The number of ether oxygens (including phenoxy) is 1. The molecule has 1 aromatic rings. The van der Waals surface area contributed by atoms with Gasteiger partial charge in [0.05, 0.1) is 12.7 Å². The van der Waals surface area contributed by atoms with Crippen molar-refractivity contribution in [1.82, 2.24) is 10.4 Å². The summed E-state index contributed by atoms with van der Waals surface area (Å²) in [4.78, 5) is 11.5. The first-order chi connectivity index (χ1) is 7.04. The van der Waals surface area contributed by atoms with E-state index in [0.29, 0.717) is 5.75 Å². The predicted molar refractivity (Wildman–Crippen MR) is 55.8 cm³/mol. The smallest absolute Gasteiger partial charge is 0.269 e. The van der Waals surface area contributed by atoms with Crippen molar-refractivity contribution in [2.45, 2.75) is 0 Å². The highest BCUT2D eigenvalue weighted by atomic mass is 16.5. The number of hydrogen-bond acceptors (Lipinski definition) is 4. The second-order valence-electron chi connectivity index (χ2n) is 3.22. The number of nitrogens with zero attached hydrogens (tertiary/aromatic N) is 1. The number of methoxy groups -OCH3 is 1. The fourth-order valence-electron chi connectivity index (χ4n) is 1.09. The lowest BCUT2D eigenvalue weighted by atomic mass is 10.2. The van der Waals surface area contributed by atoms with Crippen LogP contribution in [-0.4, -0.2) is 37.2 Å². The number of phenolic OH excluding ortho intramolecular Hbond substituents is 1. The summed E-state index contributed by atoms with van der Waals surface area (Å²) in [6, 6.07) is 4.52. The molecule has 0 saturated heterocycles.